The average Bonchev–Trinajstić information content (AvgIpc) is 2.48. The fourth-order valence-corrected chi connectivity index (χ4v) is 2.43. The molecule has 3 nitrogen and oxygen atoms in total. The highest BCUT2D eigenvalue weighted by molar-refractivity contribution is 6.30. The molecule has 0 unspecified atom stereocenters. The molecule has 0 radical (unpaired) electrons. The van der Waals surface area contributed by atoms with Crippen molar-refractivity contribution in [3.63, 3.8) is 0 Å². The van der Waals surface area contributed by atoms with Crippen LogP contribution in [0, 0.1) is 6.92 Å². The van der Waals surface area contributed by atoms with Gasteiger partial charge < -0.3 is 9.30 Å². The number of nitrogens with zero attached hydrogens (tertiary/aromatic N) is 1. The highest BCUT2D eigenvalue weighted by Gasteiger charge is 2.10. The highest BCUT2D eigenvalue weighted by atomic mass is 35.5. The van der Waals surface area contributed by atoms with E-state index in [0.29, 0.717) is 13.2 Å². The zero-order valence-electron chi connectivity index (χ0n) is 12.2. The van der Waals surface area contributed by atoms with Crippen LogP contribution in [0.3, 0.4) is 0 Å². The predicted molar refractivity (Wildman–Crippen MR) is 87.3 cm³/mol. The van der Waals surface area contributed by atoms with E-state index in [9.17, 15) is 4.79 Å². The zero-order chi connectivity index (χ0) is 15.4. The van der Waals surface area contributed by atoms with Crippen molar-refractivity contribution >= 4 is 11.6 Å². The summed E-state index contributed by atoms with van der Waals surface area (Å²) in [7, 11) is 0. The Bertz CT molecular complexity index is 719. The van der Waals surface area contributed by atoms with Crippen LogP contribution in [0.1, 0.15) is 12.5 Å². The van der Waals surface area contributed by atoms with Gasteiger partial charge in [-0.05, 0) is 49.7 Å². The molecule has 0 aliphatic rings. The molecule has 0 fully saturated rings. The van der Waals surface area contributed by atoms with Gasteiger partial charge in [-0.1, -0.05) is 24.3 Å². The molecule has 4 heteroatoms. The first-order valence-electron chi connectivity index (χ1n) is 6.82. The van der Waals surface area contributed by atoms with Crippen LogP contribution in [-0.2, 0) is 6.54 Å². The summed E-state index contributed by atoms with van der Waals surface area (Å²) < 4.78 is 7.19. The first kappa shape index (κ1) is 15.4. The summed E-state index contributed by atoms with van der Waals surface area (Å²) >= 11 is 5.91. The van der Waals surface area contributed by atoms with Gasteiger partial charge in [-0.3, -0.25) is 4.79 Å². The molecule has 2 aromatic rings. The number of hydrogen-bond acceptors (Lipinski definition) is 2. The number of hydrogen-bond donors (Lipinski definition) is 0. The fourth-order valence-electron chi connectivity index (χ4n) is 2.27. The number of benzene rings is 1. The largest absolute Gasteiger partial charge is 0.490 e. The van der Waals surface area contributed by atoms with Crippen LogP contribution in [0.5, 0.6) is 5.75 Å². The minimum atomic E-state index is -0.164. The van der Waals surface area contributed by atoms with Gasteiger partial charge in [0, 0.05) is 12.1 Å². The maximum atomic E-state index is 12.1. The summed E-state index contributed by atoms with van der Waals surface area (Å²) in [5.41, 5.74) is 2.74. The first-order valence-corrected chi connectivity index (χ1v) is 7.20. The second-order valence-corrected chi connectivity index (χ2v) is 5.10. The lowest BCUT2D eigenvalue weighted by Gasteiger charge is -2.14. The van der Waals surface area contributed by atoms with Crippen molar-refractivity contribution < 1.29 is 4.74 Å². The zero-order valence-corrected chi connectivity index (χ0v) is 13.0. The minimum Gasteiger partial charge on any atom is -0.490 e. The van der Waals surface area contributed by atoms with Crippen molar-refractivity contribution in [3.05, 3.63) is 63.9 Å². The topological polar surface area (TPSA) is 31.2 Å². The van der Waals surface area contributed by atoms with E-state index in [4.69, 9.17) is 16.3 Å². The number of aromatic nitrogens is 1. The van der Waals surface area contributed by atoms with Crippen molar-refractivity contribution in [3.8, 4) is 17.0 Å². The molecule has 1 heterocycles. The maximum Gasteiger partial charge on any atom is 0.269 e. The van der Waals surface area contributed by atoms with E-state index in [2.05, 4.69) is 6.58 Å². The van der Waals surface area contributed by atoms with Crippen molar-refractivity contribution in [2.75, 3.05) is 6.61 Å². The summed E-state index contributed by atoms with van der Waals surface area (Å²) in [6, 6.07) is 9.33. The summed E-state index contributed by atoms with van der Waals surface area (Å²) in [5.74, 6) is 0.788. The van der Waals surface area contributed by atoms with Crippen molar-refractivity contribution in [1.82, 2.24) is 4.57 Å². The molecule has 21 heavy (non-hydrogen) atoms. The van der Waals surface area contributed by atoms with E-state index in [1.807, 2.05) is 38.1 Å². The molecular weight excluding hydrogens is 286 g/mol. The van der Waals surface area contributed by atoms with Crippen LogP contribution >= 0.6 is 11.6 Å². The van der Waals surface area contributed by atoms with Gasteiger partial charge in [-0.25, -0.2) is 0 Å². The first-order chi connectivity index (χ1) is 10.1. The Morgan fingerprint density at radius 1 is 1.33 bits per heavy atom. The van der Waals surface area contributed by atoms with Crippen LogP contribution in [-0.4, -0.2) is 11.2 Å². The Hall–Kier alpha value is -2.00. The van der Waals surface area contributed by atoms with Crippen LogP contribution in [0.2, 0.25) is 5.02 Å². The summed E-state index contributed by atoms with van der Waals surface area (Å²) in [5, 5.41) is 0.240. The Morgan fingerprint density at radius 3 is 2.71 bits per heavy atom. The lowest BCUT2D eigenvalue weighted by Crippen LogP contribution is -2.21. The second-order valence-electron chi connectivity index (χ2n) is 4.69. The van der Waals surface area contributed by atoms with Gasteiger partial charge >= 0.3 is 0 Å². The van der Waals surface area contributed by atoms with Crippen LogP contribution < -0.4 is 10.3 Å². The van der Waals surface area contributed by atoms with Crippen LogP contribution in [0.15, 0.2) is 47.8 Å². The Balaban J connectivity index is 2.50. The van der Waals surface area contributed by atoms with E-state index < -0.39 is 0 Å². The minimum absolute atomic E-state index is 0.164. The molecule has 1 aromatic heterocycles. The van der Waals surface area contributed by atoms with Crippen molar-refractivity contribution in [1.29, 1.82) is 0 Å². The van der Waals surface area contributed by atoms with E-state index >= 15 is 0 Å². The summed E-state index contributed by atoms with van der Waals surface area (Å²) in [6.45, 7) is 8.60. The van der Waals surface area contributed by atoms with Gasteiger partial charge in [0.25, 0.3) is 5.56 Å². The van der Waals surface area contributed by atoms with Gasteiger partial charge in [-0.15, -0.1) is 0 Å². The number of aryl methyl sites for hydroxylation is 1. The quantitative estimate of drug-likeness (QED) is 0.780. The lowest BCUT2D eigenvalue weighted by molar-refractivity contribution is 0.363. The van der Waals surface area contributed by atoms with E-state index in [1.54, 1.807) is 16.7 Å². The van der Waals surface area contributed by atoms with Gasteiger partial charge in [-0.2, -0.15) is 0 Å². The summed E-state index contributed by atoms with van der Waals surface area (Å²) in [6.07, 6.45) is 1.71. The van der Waals surface area contributed by atoms with Gasteiger partial charge in [0.2, 0.25) is 0 Å². The molecule has 110 valence electrons. The Morgan fingerprint density at radius 2 is 2.10 bits per heavy atom. The molecule has 0 amide bonds. The molecular formula is C17H18ClNO2. The third-order valence-corrected chi connectivity index (χ3v) is 3.57. The van der Waals surface area contributed by atoms with E-state index in [-0.39, 0.29) is 10.6 Å². The van der Waals surface area contributed by atoms with E-state index in [0.717, 1.165) is 22.6 Å². The molecule has 0 aliphatic carbocycles. The normalized spacial score (nSPS) is 10.4. The van der Waals surface area contributed by atoms with E-state index in [1.165, 1.54) is 0 Å². The lowest BCUT2D eigenvalue weighted by atomic mass is 10.0. The Labute approximate surface area is 129 Å². The third kappa shape index (κ3) is 3.19. The van der Waals surface area contributed by atoms with Crippen LogP contribution in [0.4, 0.5) is 0 Å². The number of halogens is 1. The highest BCUT2D eigenvalue weighted by Crippen LogP contribution is 2.27. The molecule has 0 atom stereocenters. The summed E-state index contributed by atoms with van der Waals surface area (Å²) in [4.78, 5) is 12.1. The fraction of sp³-hybridized carbons (Fsp3) is 0.235. The smallest absolute Gasteiger partial charge is 0.269 e. The van der Waals surface area contributed by atoms with Gasteiger partial charge in [0.15, 0.2) is 0 Å². The second kappa shape index (κ2) is 6.64. The molecule has 0 saturated heterocycles. The van der Waals surface area contributed by atoms with Crippen LogP contribution in [0.25, 0.3) is 11.3 Å². The molecule has 0 saturated carbocycles. The Kier molecular flexibility index (Phi) is 4.86. The molecule has 0 bridgehead atoms. The number of rotatable bonds is 5. The molecule has 2 rings (SSSR count). The number of pyridine rings is 1. The average molecular weight is 304 g/mol. The number of ether oxygens (including phenoxy) is 1. The van der Waals surface area contributed by atoms with Gasteiger partial charge in [0.1, 0.15) is 17.4 Å². The standard InChI is InChI=1S/C17H18ClNO2/c1-4-10-21-13-6-7-14(12(3)11-13)16-9-8-15(18)17(20)19(16)5-2/h4,6-9,11H,1,5,10H2,2-3H3. The monoisotopic (exact) mass is 303 g/mol. The molecule has 0 aliphatic heterocycles. The molecule has 0 N–H and O–H groups in total. The molecule has 0 spiro atoms. The predicted octanol–water partition coefficient (Wildman–Crippen LogP) is 4.06. The van der Waals surface area contributed by atoms with Crippen molar-refractivity contribution in [2.45, 2.75) is 20.4 Å². The van der Waals surface area contributed by atoms with Crippen molar-refractivity contribution in [2.24, 2.45) is 0 Å². The molecule has 1 aromatic carbocycles. The SMILES string of the molecule is C=CCOc1ccc(-c2ccc(Cl)c(=O)n2CC)c(C)c1. The van der Waals surface area contributed by atoms with Gasteiger partial charge in [0.05, 0.1) is 5.69 Å². The third-order valence-electron chi connectivity index (χ3n) is 3.29. The maximum absolute atomic E-state index is 12.1.